The fourth-order valence-electron chi connectivity index (χ4n) is 1.33. The zero-order chi connectivity index (χ0) is 12.3. The van der Waals surface area contributed by atoms with Gasteiger partial charge < -0.3 is 10.5 Å². The molecule has 0 aliphatic rings. The lowest BCUT2D eigenvalue weighted by Gasteiger charge is -2.06. The molecular formula is C11H11ClN4O. The predicted octanol–water partition coefficient (Wildman–Crippen LogP) is 2.17. The molecule has 0 atom stereocenters. The van der Waals surface area contributed by atoms with Crippen molar-refractivity contribution in [2.24, 2.45) is 0 Å². The molecule has 0 spiro atoms. The summed E-state index contributed by atoms with van der Waals surface area (Å²) >= 11 is 6.06. The molecule has 2 rings (SSSR count). The third kappa shape index (κ3) is 2.62. The fourth-order valence-corrected chi connectivity index (χ4v) is 1.55. The van der Waals surface area contributed by atoms with Crippen LogP contribution in [0.4, 0.5) is 5.95 Å². The number of rotatable bonds is 3. The summed E-state index contributed by atoms with van der Waals surface area (Å²) in [5.41, 5.74) is 6.29. The fraction of sp³-hybridized carbons (Fsp3) is 0.182. The van der Waals surface area contributed by atoms with Gasteiger partial charge in [0.1, 0.15) is 0 Å². The summed E-state index contributed by atoms with van der Waals surface area (Å²) in [4.78, 5) is 12.1. The molecule has 0 fully saturated rings. The van der Waals surface area contributed by atoms with Crippen molar-refractivity contribution in [2.45, 2.75) is 6.92 Å². The molecule has 1 aromatic heterocycles. The van der Waals surface area contributed by atoms with Crippen molar-refractivity contribution in [3.8, 4) is 17.4 Å². The number of nitrogen functional groups attached to an aromatic ring is 1. The Balaban J connectivity index is 2.48. The molecule has 1 heterocycles. The van der Waals surface area contributed by atoms with Crippen LogP contribution in [0.15, 0.2) is 24.3 Å². The summed E-state index contributed by atoms with van der Waals surface area (Å²) in [6.45, 7) is 2.31. The van der Waals surface area contributed by atoms with E-state index in [0.29, 0.717) is 23.0 Å². The number of aromatic nitrogens is 3. The number of halogens is 1. The number of hydrogen-bond donors (Lipinski definition) is 1. The Bertz CT molecular complexity index is 533. The molecule has 17 heavy (non-hydrogen) atoms. The van der Waals surface area contributed by atoms with Crippen LogP contribution in [0.3, 0.4) is 0 Å². The van der Waals surface area contributed by atoms with Gasteiger partial charge in [0.25, 0.3) is 0 Å². The Labute approximate surface area is 104 Å². The second-order valence-corrected chi connectivity index (χ2v) is 3.62. The molecule has 0 saturated heterocycles. The largest absolute Gasteiger partial charge is 0.464 e. The lowest BCUT2D eigenvalue weighted by molar-refractivity contribution is 0.312. The Morgan fingerprint density at radius 1 is 1.24 bits per heavy atom. The van der Waals surface area contributed by atoms with Gasteiger partial charge in [-0.2, -0.15) is 15.0 Å². The van der Waals surface area contributed by atoms with Gasteiger partial charge in [-0.1, -0.05) is 23.7 Å². The molecule has 88 valence electrons. The average Bonchev–Trinajstić information content (AvgIpc) is 2.29. The van der Waals surface area contributed by atoms with Crippen LogP contribution in [0.25, 0.3) is 11.4 Å². The van der Waals surface area contributed by atoms with Crippen LogP contribution >= 0.6 is 11.6 Å². The predicted molar refractivity (Wildman–Crippen MR) is 65.9 cm³/mol. The highest BCUT2D eigenvalue weighted by molar-refractivity contribution is 6.33. The number of benzene rings is 1. The normalized spacial score (nSPS) is 10.2. The number of nitrogens with two attached hydrogens (primary N) is 1. The van der Waals surface area contributed by atoms with Crippen molar-refractivity contribution in [1.82, 2.24) is 15.0 Å². The number of ether oxygens (including phenoxy) is 1. The molecule has 0 radical (unpaired) electrons. The van der Waals surface area contributed by atoms with E-state index in [4.69, 9.17) is 22.1 Å². The van der Waals surface area contributed by atoms with Crippen molar-refractivity contribution in [2.75, 3.05) is 12.3 Å². The first-order valence-electron chi connectivity index (χ1n) is 5.10. The summed E-state index contributed by atoms with van der Waals surface area (Å²) in [7, 11) is 0. The first kappa shape index (κ1) is 11.6. The maximum absolute atomic E-state index is 6.06. The number of nitrogens with zero attached hydrogens (tertiary/aromatic N) is 3. The molecule has 0 amide bonds. The van der Waals surface area contributed by atoms with Gasteiger partial charge in [-0.05, 0) is 19.1 Å². The van der Waals surface area contributed by atoms with E-state index in [1.54, 1.807) is 6.07 Å². The van der Waals surface area contributed by atoms with Crippen LogP contribution in [0.1, 0.15) is 6.92 Å². The van der Waals surface area contributed by atoms with E-state index in [2.05, 4.69) is 15.0 Å². The van der Waals surface area contributed by atoms with Crippen molar-refractivity contribution in [3.63, 3.8) is 0 Å². The topological polar surface area (TPSA) is 73.9 Å². The highest BCUT2D eigenvalue weighted by atomic mass is 35.5. The van der Waals surface area contributed by atoms with Crippen LogP contribution in [0.5, 0.6) is 6.01 Å². The monoisotopic (exact) mass is 250 g/mol. The number of hydrogen-bond acceptors (Lipinski definition) is 5. The second-order valence-electron chi connectivity index (χ2n) is 3.21. The molecule has 0 bridgehead atoms. The SMILES string of the molecule is CCOc1nc(N)nc(-c2ccccc2Cl)n1. The van der Waals surface area contributed by atoms with E-state index in [1.165, 1.54) is 0 Å². The minimum absolute atomic E-state index is 0.110. The first-order chi connectivity index (χ1) is 8.20. The molecule has 0 aliphatic heterocycles. The Morgan fingerprint density at radius 3 is 2.71 bits per heavy atom. The van der Waals surface area contributed by atoms with Gasteiger partial charge in [0.2, 0.25) is 5.95 Å². The van der Waals surface area contributed by atoms with Gasteiger partial charge in [-0.25, -0.2) is 0 Å². The van der Waals surface area contributed by atoms with E-state index >= 15 is 0 Å². The summed E-state index contributed by atoms with van der Waals surface area (Å²) in [6.07, 6.45) is 0. The van der Waals surface area contributed by atoms with E-state index < -0.39 is 0 Å². The lowest BCUT2D eigenvalue weighted by Crippen LogP contribution is -2.04. The standard InChI is InChI=1S/C11H11ClN4O/c1-2-17-11-15-9(14-10(13)16-11)7-5-3-4-6-8(7)12/h3-6H,2H2,1H3,(H2,13,14,15,16). The van der Waals surface area contributed by atoms with E-state index in [-0.39, 0.29) is 12.0 Å². The van der Waals surface area contributed by atoms with Gasteiger partial charge in [0.05, 0.1) is 11.6 Å². The molecule has 2 N–H and O–H groups in total. The summed E-state index contributed by atoms with van der Waals surface area (Å²) < 4.78 is 5.20. The minimum Gasteiger partial charge on any atom is -0.464 e. The smallest absolute Gasteiger partial charge is 0.321 e. The Kier molecular flexibility index (Phi) is 3.39. The highest BCUT2D eigenvalue weighted by Gasteiger charge is 2.09. The van der Waals surface area contributed by atoms with Crippen LogP contribution in [-0.4, -0.2) is 21.6 Å². The zero-order valence-electron chi connectivity index (χ0n) is 9.22. The maximum atomic E-state index is 6.06. The lowest BCUT2D eigenvalue weighted by atomic mass is 10.2. The highest BCUT2D eigenvalue weighted by Crippen LogP contribution is 2.25. The van der Waals surface area contributed by atoms with E-state index in [9.17, 15) is 0 Å². The first-order valence-corrected chi connectivity index (χ1v) is 5.47. The molecule has 0 unspecified atom stereocenters. The van der Waals surface area contributed by atoms with Crippen LogP contribution in [0.2, 0.25) is 5.02 Å². The van der Waals surface area contributed by atoms with E-state index in [0.717, 1.165) is 0 Å². The van der Waals surface area contributed by atoms with Crippen molar-refractivity contribution in [1.29, 1.82) is 0 Å². The van der Waals surface area contributed by atoms with Crippen molar-refractivity contribution >= 4 is 17.5 Å². The Morgan fingerprint density at radius 2 is 2.00 bits per heavy atom. The Hall–Kier alpha value is -1.88. The molecule has 1 aromatic carbocycles. The summed E-state index contributed by atoms with van der Waals surface area (Å²) in [6, 6.07) is 7.46. The van der Waals surface area contributed by atoms with Crippen molar-refractivity contribution in [3.05, 3.63) is 29.3 Å². The minimum atomic E-state index is 0.110. The van der Waals surface area contributed by atoms with Gasteiger partial charge in [-0.15, -0.1) is 0 Å². The zero-order valence-corrected chi connectivity index (χ0v) is 9.98. The maximum Gasteiger partial charge on any atom is 0.321 e. The third-order valence-electron chi connectivity index (χ3n) is 2.02. The molecule has 5 nitrogen and oxygen atoms in total. The van der Waals surface area contributed by atoms with Gasteiger partial charge >= 0.3 is 6.01 Å². The third-order valence-corrected chi connectivity index (χ3v) is 2.35. The van der Waals surface area contributed by atoms with Crippen LogP contribution < -0.4 is 10.5 Å². The van der Waals surface area contributed by atoms with Gasteiger partial charge in [0.15, 0.2) is 5.82 Å². The van der Waals surface area contributed by atoms with Gasteiger partial charge in [-0.3, -0.25) is 0 Å². The van der Waals surface area contributed by atoms with E-state index in [1.807, 2.05) is 25.1 Å². The quantitative estimate of drug-likeness (QED) is 0.904. The second kappa shape index (κ2) is 4.97. The van der Waals surface area contributed by atoms with Gasteiger partial charge in [0, 0.05) is 5.56 Å². The molecule has 2 aromatic rings. The summed E-state index contributed by atoms with van der Waals surface area (Å²) in [5, 5.41) is 0.556. The van der Waals surface area contributed by atoms with Crippen LogP contribution in [0, 0.1) is 0 Å². The molecule has 0 aliphatic carbocycles. The summed E-state index contributed by atoms with van der Waals surface area (Å²) in [5.74, 6) is 0.518. The number of anilines is 1. The molecule has 0 saturated carbocycles. The molecule has 6 heteroatoms. The average molecular weight is 251 g/mol. The van der Waals surface area contributed by atoms with Crippen LogP contribution in [-0.2, 0) is 0 Å². The molecular weight excluding hydrogens is 240 g/mol. The van der Waals surface area contributed by atoms with Crippen molar-refractivity contribution < 1.29 is 4.74 Å².